The number of hydrogen-bond donors (Lipinski definition) is 1. The van der Waals surface area contributed by atoms with Crippen LogP contribution in [0.2, 0.25) is 0 Å². The average Bonchev–Trinajstić information content (AvgIpc) is 2.17. The van der Waals surface area contributed by atoms with Crippen molar-refractivity contribution in [2.45, 2.75) is 19.0 Å². The van der Waals surface area contributed by atoms with Gasteiger partial charge in [0.1, 0.15) is 0 Å². The number of hydrogen-bond acceptors (Lipinski definition) is 1. The van der Waals surface area contributed by atoms with Gasteiger partial charge in [0, 0.05) is 41.3 Å². The summed E-state index contributed by atoms with van der Waals surface area (Å²) in [5, 5.41) is 12.8. The maximum atomic E-state index is 10.7. The molecular formula is C10H10NO2Pr-. The van der Waals surface area contributed by atoms with E-state index in [0.717, 1.165) is 11.1 Å². The number of aliphatic carboxylic acids is 1. The minimum Gasteiger partial charge on any atom is -0.646 e. The molecule has 0 spiro atoms. The molecule has 1 aromatic carbocycles. The molecule has 71 valence electrons. The number of carboxylic acids is 1. The second-order valence-electron chi connectivity index (χ2n) is 3.17. The molecule has 1 aliphatic heterocycles. The summed E-state index contributed by atoms with van der Waals surface area (Å²) >= 11 is 0. The van der Waals surface area contributed by atoms with Gasteiger partial charge in [-0.1, -0.05) is 29.8 Å². The fourth-order valence-corrected chi connectivity index (χ4v) is 1.56. The van der Waals surface area contributed by atoms with E-state index in [9.17, 15) is 4.79 Å². The molecule has 3 nitrogen and oxygen atoms in total. The summed E-state index contributed by atoms with van der Waals surface area (Å²) in [4.78, 5) is 10.7. The number of nitrogens with zero attached hydrogens (tertiary/aromatic N) is 1. The second-order valence-corrected chi connectivity index (χ2v) is 3.17. The monoisotopic (exact) mass is 317 g/mol. The number of benzene rings is 1. The van der Waals surface area contributed by atoms with Crippen molar-refractivity contribution in [2.24, 2.45) is 0 Å². The van der Waals surface area contributed by atoms with Gasteiger partial charge in [0.2, 0.25) is 0 Å². The Bertz CT molecular complexity index is 341. The first-order valence-electron chi connectivity index (χ1n) is 4.23. The third-order valence-corrected chi connectivity index (χ3v) is 2.30. The van der Waals surface area contributed by atoms with E-state index in [2.05, 4.69) is 5.32 Å². The topological polar surface area (TPSA) is 51.4 Å². The van der Waals surface area contributed by atoms with Crippen molar-refractivity contribution < 1.29 is 51.2 Å². The summed E-state index contributed by atoms with van der Waals surface area (Å²) in [5.41, 5.74) is 2.27. The summed E-state index contributed by atoms with van der Waals surface area (Å²) in [5.74, 6) is -0.825. The van der Waals surface area contributed by atoms with Crippen LogP contribution >= 0.6 is 0 Å². The predicted octanol–water partition coefficient (Wildman–Crippen LogP) is 1.57. The van der Waals surface area contributed by atoms with E-state index in [0.29, 0.717) is 13.0 Å². The zero-order chi connectivity index (χ0) is 9.26. The molecule has 1 heterocycles. The van der Waals surface area contributed by atoms with Gasteiger partial charge in [-0.25, -0.2) is 0 Å². The molecule has 1 aliphatic rings. The summed E-state index contributed by atoms with van der Waals surface area (Å²) in [6.45, 7) is 0.535. The molecule has 0 saturated heterocycles. The van der Waals surface area contributed by atoms with Crippen molar-refractivity contribution in [2.75, 3.05) is 0 Å². The van der Waals surface area contributed by atoms with Crippen LogP contribution in [0.25, 0.3) is 5.32 Å². The molecule has 4 heteroatoms. The van der Waals surface area contributed by atoms with E-state index in [4.69, 9.17) is 5.11 Å². The Labute approximate surface area is 116 Å². The molecule has 14 heavy (non-hydrogen) atoms. The maximum Gasteiger partial charge on any atom is 0.285 e. The molecule has 0 aliphatic carbocycles. The van der Waals surface area contributed by atoms with E-state index in [1.54, 1.807) is 0 Å². The van der Waals surface area contributed by atoms with Crippen LogP contribution in [0.3, 0.4) is 0 Å². The molecule has 0 saturated carbocycles. The molecular weight excluding hydrogens is 307 g/mol. The minimum absolute atomic E-state index is 0. The van der Waals surface area contributed by atoms with Crippen LogP contribution in [0.4, 0.5) is 0 Å². The second kappa shape index (κ2) is 5.20. The van der Waals surface area contributed by atoms with Crippen LogP contribution in [-0.4, -0.2) is 17.1 Å². The Morgan fingerprint density at radius 3 is 2.64 bits per heavy atom. The van der Waals surface area contributed by atoms with Crippen molar-refractivity contribution >= 4 is 5.97 Å². The van der Waals surface area contributed by atoms with E-state index in [1.807, 2.05) is 24.3 Å². The molecule has 0 aromatic heterocycles. The number of carbonyl (C=O) groups is 1. The first-order chi connectivity index (χ1) is 6.27. The smallest absolute Gasteiger partial charge is 0.285 e. The van der Waals surface area contributed by atoms with E-state index >= 15 is 0 Å². The molecule has 1 unspecified atom stereocenters. The van der Waals surface area contributed by atoms with Crippen LogP contribution in [0.1, 0.15) is 11.1 Å². The molecule has 1 atom stereocenters. The molecule has 1 N–H and O–H groups in total. The standard InChI is InChI=1S/C10H10NO2.Pr/c12-10(13)9-5-7-3-1-2-4-8(7)6-11-9;/h1-4,9H,5-6H2,(H,12,13);/q-1;. The van der Waals surface area contributed by atoms with Gasteiger partial charge >= 0.3 is 0 Å². The van der Waals surface area contributed by atoms with Crippen LogP contribution in [0, 0.1) is 41.3 Å². The summed E-state index contributed by atoms with van der Waals surface area (Å²) in [6.07, 6.45) is 0.533. The van der Waals surface area contributed by atoms with Gasteiger partial charge in [0.15, 0.2) is 0 Å². The van der Waals surface area contributed by atoms with Gasteiger partial charge in [0.05, 0.1) is 0 Å². The molecule has 0 fully saturated rings. The quantitative estimate of drug-likeness (QED) is 0.855. The van der Waals surface area contributed by atoms with Gasteiger partial charge in [-0.05, 0) is 18.0 Å². The Morgan fingerprint density at radius 1 is 1.36 bits per heavy atom. The van der Waals surface area contributed by atoms with Crippen molar-refractivity contribution in [3.05, 3.63) is 40.7 Å². The van der Waals surface area contributed by atoms with Gasteiger partial charge in [0.25, 0.3) is 5.97 Å². The van der Waals surface area contributed by atoms with Crippen LogP contribution < -0.4 is 0 Å². The molecule has 2 rings (SSSR count). The maximum absolute atomic E-state index is 10.7. The predicted molar refractivity (Wildman–Crippen MR) is 48.6 cm³/mol. The van der Waals surface area contributed by atoms with Gasteiger partial charge in [-0.2, -0.15) is 0 Å². The normalized spacial score (nSPS) is 19.3. The average molecular weight is 317 g/mol. The van der Waals surface area contributed by atoms with Crippen LogP contribution in [0.5, 0.6) is 0 Å². The summed E-state index contributed by atoms with van der Waals surface area (Å²) in [6, 6.07) is 7.31. The van der Waals surface area contributed by atoms with Gasteiger partial charge < -0.3 is 10.4 Å². The zero-order valence-electron chi connectivity index (χ0n) is 7.68. The third-order valence-electron chi connectivity index (χ3n) is 2.30. The summed E-state index contributed by atoms with van der Waals surface area (Å²) in [7, 11) is 0. The van der Waals surface area contributed by atoms with Crippen molar-refractivity contribution in [1.82, 2.24) is 0 Å². The number of rotatable bonds is 1. The van der Waals surface area contributed by atoms with E-state index in [1.165, 1.54) is 0 Å². The van der Waals surface area contributed by atoms with Crippen LogP contribution in [0.15, 0.2) is 24.3 Å². The third kappa shape index (κ3) is 2.53. The summed E-state index contributed by atoms with van der Waals surface area (Å²) < 4.78 is 0. The number of carboxylic acid groups (broad SMARTS) is 1. The molecule has 1 aromatic rings. The first-order valence-corrected chi connectivity index (χ1v) is 4.23. The van der Waals surface area contributed by atoms with Crippen molar-refractivity contribution in [1.29, 1.82) is 0 Å². The zero-order valence-corrected chi connectivity index (χ0v) is 11.4. The Kier molecular flexibility index (Phi) is 4.48. The fraction of sp³-hybridized carbons (Fsp3) is 0.300. The molecule has 0 bridgehead atoms. The SMILES string of the molecule is O=C(O)C1Cc2ccccc2C[N-]1.[Pr]. The van der Waals surface area contributed by atoms with Crippen LogP contribution in [-0.2, 0) is 17.8 Å². The van der Waals surface area contributed by atoms with Gasteiger partial charge in [-0.3, -0.25) is 4.79 Å². The van der Waals surface area contributed by atoms with E-state index < -0.39 is 12.0 Å². The minimum atomic E-state index is -0.825. The van der Waals surface area contributed by atoms with E-state index in [-0.39, 0.29) is 41.3 Å². The largest absolute Gasteiger partial charge is 0.646 e. The number of fused-ring (bicyclic) bond motifs is 1. The molecule has 1 radical (unpaired) electrons. The Hall–Kier alpha value is 0.0136. The van der Waals surface area contributed by atoms with Crippen molar-refractivity contribution in [3.63, 3.8) is 0 Å². The Balaban J connectivity index is 0.000000980. The first kappa shape index (κ1) is 12.1. The van der Waals surface area contributed by atoms with Gasteiger partial charge in [-0.15, -0.1) is 6.54 Å². The Morgan fingerprint density at radius 2 is 2.00 bits per heavy atom. The van der Waals surface area contributed by atoms with Crippen molar-refractivity contribution in [3.8, 4) is 0 Å². The fourth-order valence-electron chi connectivity index (χ4n) is 1.56. The molecule has 0 amide bonds.